The molecule has 2 heterocycles. The summed E-state index contributed by atoms with van der Waals surface area (Å²) in [6.45, 7) is 6.79. The van der Waals surface area contributed by atoms with E-state index in [9.17, 15) is 4.79 Å². The summed E-state index contributed by atoms with van der Waals surface area (Å²) < 4.78 is 0. The van der Waals surface area contributed by atoms with Gasteiger partial charge in [0.15, 0.2) is 0 Å². The number of carbonyl (C=O) groups is 1. The Labute approximate surface area is 122 Å². The molecule has 114 valence electrons. The number of hydrogen-bond donors (Lipinski definition) is 2. The van der Waals surface area contributed by atoms with Crippen molar-refractivity contribution in [3.8, 4) is 0 Å². The third-order valence-corrected chi connectivity index (χ3v) is 5.28. The van der Waals surface area contributed by atoms with Crippen LogP contribution in [0.1, 0.15) is 39.5 Å². The number of nitrogens with zero attached hydrogens (tertiary/aromatic N) is 2. The molecule has 0 radical (unpaired) electrons. The molecule has 3 aliphatic rings. The molecular weight excluding hydrogens is 252 g/mol. The predicted molar refractivity (Wildman–Crippen MR) is 79.1 cm³/mol. The lowest BCUT2D eigenvalue weighted by atomic mass is 9.91. The number of nitrogens with one attached hydrogen (secondary N) is 2. The van der Waals surface area contributed by atoms with Gasteiger partial charge in [-0.25, -0.2) is 0 Å². The highest BCUT2D eigenvalue weighted by molar-refractivity contribution is 5.82. The monoisotopic (exact) mass is 280 g/mol. The van der Waals surface area contributed by atoms with Gasteiger partial charge in [-0.1, -0.05) is 12.8 Å². The quantitative estimate of drug-likeness (QED) is 0.737. The van der Waals surface area contributed by atoms with E-state index in [0.717, 1.165) is 19.8 Å². The van der Waals surface area contributed by atoms with Gasteiger partial charge in [0.1, 0.15) is 0 Å². The van der Waals surface area contributed by atoms with E-state index in [4.69, 9.17) is 0 Å². The highest BCUT2D eigenvalue weighted by Crippen LogP contribution is 2.34. The van der Waals surface area contributed by atoms with Crippen molar-refractivity contribution in [3.63, 3.8) is 0 Å². The van der Waals surface area contributed by atoms with Crippen molar-refractivity contribution >= 4 is 5.91 Å². The van der Waals surface area contributed by atoms with Crippen LogP contribution in [-0.2, 0) is 4.79 Å². The first-order valence-corrected chi connectivity index (χ1v) is 7.98. The van der Waals surface area contributed by atoms with Crippen LogP contribution in [0.15, 0.2) is 0 Å². The van der Waals surface area contributed by atoms with E-state index in [1.54, 1.807) is 0 Å². The molecule has 1 saturated carbocycles. The Balaban J connectivity index is 1.92. The van der Waals surface area contributed by atoms with Crippen molar-refractivity contribution < 1.29 is 4.79 Å². The molecule has 20 heavy (non-hydrogen) atoms. The van der Waals surface area contributed by atoms with E-state index < -0.39 is 0 Å². The van der Waals surface area contributed by atoms with Crippen LogP contribution in [0.3, 0.4) is 0 Å². The lowest BCUT2D eigenvalue weighted by molar-refractivity contribution is -0.139. The molecular formula is C15H28N4O. The van der Waals surface area contributed by atoms with Gasteiger partial charge in [-0.05, 0) is 26.7 Å². The van der Waals surface area contributed by atoms with Crippen LogP contribution >= 0.6 is 0 Å². The molecule has 2 saturated heterocycles. The second kappa shape index (κ2) is 5.28. The molecule has 5 nitrogen and oxygen atoms in total. The lowest BCUT2D eigenvalue weighted by Crippen LogP contribution is -2.66. The van der Waals surface area contributed by atoms with Crippen molar-refractivity contribution in [2.75, 3.05) is 26.8 Å². The minimum absolute atomic E-state index is 0.235. The van der Waals surface area contributed by atoms with Crippen LogP contribution in [-0.4, -0.2) is 60.8 Å². The fourth-order valence-electron chi connectivity index (χ4n) is 4.17. The van der Waals surface area contributed by atoms with E-state index in [0.29, 0.717) is 12.2 Å². The largest absolute Gasteiger partial charge is 0.338 e. The van der Waals surface area contributed by atoms with E-state index in [1.807, 2.05) is 11.9 Å². The Morgan fingerprint density at radius 2 is 1.95 bits per heavy atom. The normalized spacial score (nSPS) is 36.0. The average Bonchev–Trinajstić information content (AvgIpc) is 2.95. The Morgan fingerprint density at radius 3 is 2.65 bits per heavy atom. The molecule has 5 heteroatoms. The lowest BCUT2D eigenvalue weighted by Gasteiger charge is -2.44. The summed E-state index contributed by atoms with van der Waals surface area (Å²) in [7, 11) is 1.97. The maximum atomic E-state index is 12.7. The molecule has 0 aromatic heterocycles. The molecule has 0 aromatic carbocycles. The summed E-state index contributed by atoms with van der Waals surface area (Å²) >= 11 is 0. The third-order valence-electron chi connectivity index (χ3n) is 5.28. The van der Waals surface area contributed by atoms with E-state index in [2.05, 4.69) is 29.4 Å². The first-order chi connectivity index (χ1) is 9.50. The van der Waals surface area contributed by atoms with Crippen LogP contribution in [0.4, 0.5) is 0 Å². The van der Waals surface area contributed by atoms with Gasteiger partial charge in [0.2, 0.25) is 5.91 Å². The molecule has 2 unspecified atom stereocenters. The highest BCUT2D eigenvalue weighted by Gasteiger charge is 2.47. The summed E-state index contributed by atoms with van der Waals surface area (Å²) in [5.41, 5.74) is -0.295. The van der Waals surface area contributed by atoms with Gasteiger partial charge >= 0.3 is 0 Å². The Kier molecular flexibility index (Phi) is 3.77. The molecule has 3 fully saturated rings. The number of fused-ring (bicyclic) bond motifs is 1. The summed E-state index contributed by atoms with van der Waals surface area (Å²) in [4.78, 5) is 17.3. The minimum atomic E-state index is -0.295. The SMILES string of the molecule is CN1C(=O)C(C)(C)CN(C2CCCC2)C2NCNCC21. The van der Waals surface area contributed by atoms with Gasteiger partial charge in [0, 0.05) is 32.8 Å². The van der Waals surface area contributed by atoms with Crippen molar-refractivity contribution in [3.05, 3.63) is 0 Å². The van der Waals surface area contributed by atoms with Gasteiger partial charge in [0.05, 0.1) is 17.6 Å². The van der Waals surface area contributed by atoms with Gasteiger partial charge in [-0.15, -0.1) is 0 Å². The van der Waals surface area contributed by atoms with Crippen LogP contribution in [0, 0.1) is 5.41 Å². The van der Waals surface area contributed by atoms with E-state index >= 15 is 0 Å². The predicted octanol–water partition coefficient (Wildman–Crippen LogP) is 0.574. The standard InChI is InChI=1S/C15H28N4O/c1-15(2)9-19(11-6-4-5-7-11)13-12(8-16-10-17-13)18(3)14(15)20/h11-13,16-17H,4-10H2,1-3H3. The van der Waals surface area contributed by atoms with Gasteiger partial charge in [-0.3, -0.25) is 15.0 Å². The summed E-state index contributed by atoms with van der Waals surface area (Å²) in [6.07, 6.45) is 5.54. The third kappa shape index (κ3) is 2.36. The second-order valence-corrected chi connectivity index (χ2v) is 7.26. The second-order valence-electron chi connectivity index (χ2n) is 7.26. The zero-order valence-electron chi connectivity index (χ0n) is 13.0. The molecule has 2 N–H and O–H groups in total. The van der Waals surface area contributed by atoms with Crippen molar-refractivity contribution in [2.45, 2.75) is 57.8 Å². The fourth-order valence-corrected chi connectivity index (χ4v) is 4.17. The molecule has 0 spiro atoms. The van der Waals surface area contributed by atoms with Crippen molar-refractivity contribution in [2.24, 2.45) is 5.41 Å². The highest BCUT2D eigenvalue weighted by atomic mass is 16.2. The van der Waals surface area contributed by atoms with Gasteiger partial charge in [0.25, 0.3) is 0 Å². The molecule has 1 amide bonds. The molecule has 0 aromatic rings. The summed E-state index contributed by atoms with van der Waals surface area (Å²) in [5.74, 6) is 0.276. The van der Waals surface area contributed by atoms with Crippen LogP contribution in [0.2, 0.25) is 0 Å². The van der Waals surface area contributed by atoms with Gasteiger partial charge in [-0.2, -0.15) is 0 Å². The molecule has 2 atom stereocenters. The number of rotatable bonds is 1. The topological polar surface area (TPSA) is 47.6 Å². The number of likely N-dealkylation sites (N-methyl/N-ethyl adjacent to an activating group) is 1. The number of amides is 1. The minimum Gasteiger partial charge on any atom is -0.338 e. The van der Waals surface area contributed by atoms with Crippen molar-refractivity contribution in [1.82, 2.24) is 20.4 Å². The maximum Gasteiger partial charge on any atom is 0.229 e. The molecule has 3 rings (SSSR count). The Hall–Kier alpha value is -0.650. The van der Waals surface area contributed by atoms with Gasteiger partial charge < -0.3 is 10.2 Å². The van der Waals surface area contributed by atoms with Crippen LogP contribution in [0.5, 0.6) is 0 Å². The molecule has 0 bridgehead atoms. The smallest absolute Gasteiger partial charge is 0.229 e. The number of carbonyl (C=O) groups excluding carboxylic acids is 1. The zero-order valence-corrected chi connectivity index (χ0v) is 13.0. The summed E-state index contributed by atoms with van der Waals surface area (Å²) in [5, 5.41) is 6.97. The fraction of sp³-hybridized carbons (Fsp3) is 0.933. The maximum absolute atomic E-state index is 12.7. The van der Waals surface area contributed by atoms with Crippen molar-refractivity contribution in [1.29, 1.82) is 0 Å². The molecule has 2 aliphatic heterocycles. The Morgan fingerprint density at radius 1 is 1.25 bits per heavy atom. The number of hydrogen-bond acceptors (Lipinski definition) is 4. The first-order valence-electron chi connectivity index (χ1n) is 7.98. The zero-order chi connectivity index (χ0) is 14.3. The summed E-state index contributed by atoms with van der Waals surface area (Å²) in [6, 6.07) is 0.880. The van der Waals surface area contributed by atoms with E-state index in [-0.39, 0.29) is 17.4 Å². The van der Waals surface area contributed by atoms with Crippen LogP contribution < -0.4 is 10.6 Å². The Bertz CT molecular complexity index is 378. The van der Waals surface area contributed by atoms with E-state index in [1.165, 1.54) is 25.7 Å². The van der Waals surface area contributed by atoms with Crippen LogP contribution in [0.25, 0.3) is 0 Å². The first kappa shape index (κ1) is 14.3. The molecule has 1 aliphatic carbocycles. The average molecular weight is 280 g/mol.